The number of methoxy groups -OCH3 is 1. The number of ether oxygens (including phenoxy) is 1. The first-order valence-electron chi connectivity index (χ1n) is 9.04. The lowest BCUT2D eigenvalue weighted by Crippen LogP contribution is -2.13. The van der Waals surface area contributed by atoms with E-state index in [9.17, 15) is 4.79 Å². The first kappa shape index (κ1) is 18.7. The summed E-state index contributed by atoms with van der Waals surface area (Å²) in [6.07, 6.45) is 2.42. The highest BCUT2D eigenvalue weighted by Gasteiger charge is 2.11. The van der Waals surface area contributed by atoms with Crippen molar-refractivity contribution in [1.82, 2.24) is 4.98 Å². The third-order valence-electron chi connectivity index (χ3n) is 4.36. The Hall–Kier alpha value is -3.08. The fraction of sp³-hybridized carbons (Fsp3) is 0.273. The summed E-state index contributed by atoms with van der Waals surface area (Å²) in [7, 11) is 1.58. The number of hydrogen-bond acceptors (Lipinski definition) is 4. The SMILES string of the molecule is COc1ccccc1NC(=O)CCc1ncc(-c2ccc(C(C)C)cc2)o1. The van der Waals surface area contributed by atoms with Gasteiger partial charge >= 0.3 is 0 Å². The number of carbonyl (C=O) groups is 1. The van der Waals surface area contributed by atoms with Gasteiger partial charge in [0.05, 0.1) is 19.0 Å². The summed E-state index contributed by atoms with van der Waals surface area (Å²) in [5.41, 5.74) is 2.92. The average molecular weight is 364 g/mol. The molecule has 1 heterocycles. The Bertz CT molecular complexity index is 898. The van der Waals surface area contributed by atoms with Crippen molar-refractivity contribution in [2.24, 2.45) is 0 Å². The second-order valence-corrected chi connectivity index (χ2v) is 6.64. The van der Waals surface area contributed by atoms with Gasteiger partial charge in [0.2, 0.25) is 5.91 Å². The van der Waals surface area contributed by atoms with Crippen LogP contribution in [-0.2, 0) is 11.2 Å². The van der Waals surface area contributed by atoms with Crippen LogP contribution >= 0.6 is 0 Å². The third-order valence-corrected chi connectivity index (χ3v) is 4.36. The van der Waals surface area contributed by atoms with Gasteiger partial charge < -0.3 is 14.5 Å². The monoisotopic (exact) mass is 364 g/mol. The molecule has 0 atom stereocenters. The zero-order valence-corrected chi connectivity index (χ0v) is 15.9. The number of nitrogens with one attached hydrogen (secondary N) is 1. The van der Waals surface area contributed by atoms with Crippen molar-refractivity contribution < 1.29 is 13.9 Å². The van der Waals surface area contributed by atoms with E-state index < -0.39 is 0 Å². The van der Waals surface area contributed by atoms with Crippen molar-refractivity contribution >= 4 is 11.6 Å². The van der Waals surface area contributed by atoms with Crippen LogP contribution in [0.5, 0.6) is 5.75 Å². The predicted molar refractivity (Wildman–Crippen MR) is 106 cm³/mol. The summed E-state index contributed by atoms with van der Waals surface area (Å²) in [5.74, 6) is 2.28. The number of aryl methyl sites for hydroxylation is 1. The molecule has 140 valence electrons. The van der Waals surface area contributed by atoms with E-state index >= 15 is 0 Å². The molecule has 1 aromatic heterocycles. The molecule has 0 spiro atoms. The van der Waals surface area contributed by atoms with Crippen molar-refractivity contribution in [1.29, 1.82) is 0 Å². The number of benzene rings is 2. The number of rotatable bonds is 7. The molecule has 5 nitrogen and oxygen atoms in total. The molecule has 0 aliphatic carbocycles. The van der Waals surface area contributed by atoms with Crippen LogP contribution in [-0.4, -0.2) is 18.0 Å². The minimum absolute atomic E-state index is 0.111. The maximum Gasteiger partial charge on any atom is 0.224 e. The van der Waals surface area contributed by atoms with Crippen molar-refractivity contribution in [3.05, 3.63) is 66.2 Å². The lowest BCUT2D eigenvalue weighted by atomic mass is 10.0. The normalized spacial score (nSPS) is 10.8. The zero-order valence-electron chi connectivity index (χ0n) is 15.9. The maximum atomic E-state index is 12.2. The Balaban J connectivity index is 1.58. The molecule has 0 saturated carbocycles. The van der Waals surface area contributed by atoms with Crippen molar-refractivity contribution in [3.8, 4) is 17.1 Å². The molecule has 0 bridgehead atoms. The van der Waals surface area contributed by atoms with E-state index in [4.69, 9.17) is 9.15 Å². The highest BCUT2D eigenvalue weighted by molar-refractivity contribution is 5.92. The van der Waals surface area contributed by atoms with Crippen molar-refractivity contribution in [2.75, 3.05) is 12.4 Å². The Kier molecular flexibility index (Phi) is 5.91. The Labute approximate surface area is 159 Å². The fourth-order valence-corrected chi connectivity index (χ4v) is 2.77. The third kappa shape index (κ3) is 4.76. The van der Waals surface area contributed by atoms with Gasteiger partial charge in [-0.2, -0.15) is 0 Å². The summed E-state index contributed by atoms with van der Waals surface area (Å²) < 4.78 is 11.0. The summed E-state index contributed by atoms with van der Waals surface area (Å²) in [4.78, 5) is 16.5. The molecule has 3 aromatic rings. The quantitative estimate of drug-likeness (QED) is 0.637. The molecule has 0 aliphatic heterocycles. The molecule has 5 heteroatoms. The highest BCUT2D eigenvalue weighted by atomic mass is 16.5. The molecule has 2 aromatic carbocycles. The molecule has 3 rings (SSSR count). The van der Waals surface area contributed by atoms with Gasteiger partial charge in [-0.3, -0.25) is 4.79 Å². The molecule has 27 heavy (non-hydrogen) atoms. The van der Waals surface area contributed by atoms with Crippen LogP contribution in [0.3, 0.4) is 0 Å². The number of anilines is 1. The van der Waals surface area contributed by atoms with Gasteiger partial charge in [0, 0.05) is 18.4 Å². The summed E-state index contributed by atoms with van der Waals surface area (Å²) in [5, 5.41) is 2.85. The van der Waals surface area contributed by atoms with Gasteiger partial charge in [-0.15, -0.1) is 0 Å². The molecule has 1 amide bonds. The van der Waals surface area contributed by atoms with Crippen molar-refractivity contribution in [3.63, 3.8) is 0 Å². The van der Waals surface area contributed by atoms with E-state index in [0.717, 1.165) is 5.56 Å². The highest BCUT2D eigenvalue weighted by Crippen LogP contribution is 2.25. The first-order valence-corrected chi connectivity index (χ1v) is 9.04. The number of amides is 1. The van der Waals surface area contributed by atoms with Crippen LogP contribution in [0.4, 0.5) is 5.69 Å². The van der Waals surface area contributed by atoms with Gasteiger partial charge in [-0.05, 0) is 23.6 Å². The second-order valence-electron chi connectivity index (χ2n) is 6.64. The minimum Gasteiger partial charge on any atom is -0.495 e. The molecule has 0 fully saturated rings. The van der Waals surface area contributed by atoms with Crippen molar-refractivity contribution in [2.45, 2.75) is 32.6 Å². The standard InChI is InChI=1S/C22H24N2O3/c1-15(2)16-8-10-17(11-9-16)20-14-23-22(27-20)13-12-21(25)24-18-6-4-5-7-19(18)26-3/h4-11,14-15H,12-13H2,1-3H3,(H,24,25). The van der Waals surface area contributed by atoms with Gasteiger partial charge in [0.25, 0.3) is 0 Å². The van der Waals surface area contributed by atoms with Gasteiger partial charge in [0.1, 0.15) is 5.75 Å². The van der Waals surface area contributed by atoms with Crippen LogP contribution in [0, 0.1) is 0 Å². The molecule has 0 unspecified atom stereocenters. The number of carbonyl (C=O) groups excluding carboxylic acids is 1. The summed E-state index contributed by atoms with van der Waals surface area (Å²) >= 11 is 0. The van der Waals surface area contributed by atoms with E-state index in [1.807, 2.05) is 24.3 Å². The maximum absolute atomic E-state index is 12.2. The van der Waals surface area contributed by atoms with E-state index in [2.05, 4.69) is 36.3 Å². The fourth-order valence-electron chi connectivity index (χ4n) is 2.77. The minimum atomic E-state index is -0.111. The van der Waals surface area contributed by atoms with Gasteiger partial charge in [-0.1, -0.05) is 50.2 Å². The Morgan fingerprint density at radius 1 is 1.15 bits per heavy atom. The van der Waals surface area contributed by atoms with Crippen LogP contribution in [0.2, 0.25) is 0 Å². The lowest BCUT2D eigenvalue weighted by molar-refractivity contribution is -0.116. The molecule has 0 saturated heterocycles. The molecule has 1 N–H and O–H groups in total. The summed E-state index contributed by atoms with van der Waals surface area (Å²) in [6, 6.07) is 15.6. The largest absolute Gasteiger partial charge is 0.495 e. The molecule has 0 aliphatic rings. The average Bonchev–Trinajstić information content (AvgIpc) is 3.16. The lowest BCUT2D eigenvalue weighted by Gasteiger charge is -2.09. The second kappa shape index (κ2) is 8.54. The van der Waals surface area contributed by atoms with E-state index in [1.165, 1.54) is 5.56 Å². The van der Waals surface area contributed by atoms with Gasteiger partial charge in [0.15, 0.2) is 11.7 Å². The topological polar surface area (TPSA) is 64.4 Å². The zero-order chi connectivity index (χ0) is 19.2. The Morgan fingerprint density at radius 3 is 2.59 bits per heavy atom. The number of para-hydroxylation sites is 2. The van der Waals surface area contributed by atoms with E-state index in [-0.39, 0.29) is 12.3 Å². The number of hydrogen-bond donors (Lipinski definition) is 1. The molecular weight excluding hydrogens is 340 g/mol. The summed E-state index contributed by atoms with van der Waals surface area (Å²) in [6.45, 7) is 4.33. The predicted octanol–water partition coefficient (Wildman–Crippen LogP) is 5.04. The number of aromatic nitrogens is 1. The van der Waals surface area contributed by atoms with Crippen LogP contribution in [0.1, 0.15) is 37.6 Å². The molecular formula is C22H24N2O3. The van der Waals surface area contributed by atoms with E-state index in [1.54, 1.807) is 25.4 Å². The van der Waals surface area contributed by atoms with Crippen LogP contribution in [0.15, 0.2) is 59.1 Å². The number of nitrogens with zero attached hydrogens (tertiary/aromatic N) is 1. The van der Waals surface area contributed by atoms with Crippen LogP contribution in [0.25, 0.3) is 11.3 Å². The number of oxazole rings is 1. The van der Waals surface area contributed by atoms with E-state index in [0.29, 0.717) is 35.4 Å². The Morgan fingerprint density at radius 2 is 1.89 bits per heavy atom. The smallest absolute Gasteiger partial charge is 0.224 e. The first-order chi connectivity index (χ1) is 13.1. The van der Waals surface area contributed by atoms with Gasteiger partial charge in [-0.25, -0.2) is 4.98 Å². The van der Waals surface area contributed by atoms with Crippen LogP contribution < -0.4 is 10.1 Å². The molecule has 0 radical (unpaired) electrons.